The number of nitrogens with one attached hydrogen (secondary N) is 1. The Morgan fingerprint density at radius 2 is 2.13 bits per heavy atom. The Morgan fingerprint density at radius 3 is 2.67 bits per heavy atom. The van der Waals surface area contributed by atoms with E-state index < -0.39 is 0 Å². The summed E-state index contributed by atoms with van der Waals surface area (Å²) in [5.74, 6) is 0. The fraction of sp³-hybridized carbons (Fsp3) is 0.800. The lowest BCUT2D eigenvalue weighted by Gasteiger charge is -2.14. The van der Waals surface area contributed by atoms with Gasteiger partial charge in [-0.15, -0.1) is 10.2 Å². The molecule has 3 nitrogen and oxygen atoms in total. The molecule has 1 aromatic heterocycles. The molecule has 0 aliphatic heterocycles. The monoisotopic (exact) mass is 245 g/mol. The van der Waals surface area contributed by atoms with Crippen molar-refractivity contribution in [3.8, 4) is 0 Å². The Kier molecular flexibility index (Phi) is 5.56. The normalized spacial score (nSPS) is 15.2. The second-order valence-corrected chi connectivity index (χ2v) is 6.60. The number of thioether (sulfide) groups is 1. The van der Waals surface area contributed by atoms with Crippen molar-refractivity contribution < 1.29 is 0 Å². The molecule has 0 fully saturated rings. The molecule has 0 spiro atoms. The number of hydrogen-bond acceptors (Lipinski definition) is 5. The molecule has 0 radical (unpaired) electrons. The van der Waals surface area contributed by atoms with Crippen molar-refractivity contribution in [1.82, 2.24) is 15.5 Å². The van der Waals surface area contributed by atoms with Gasteiger partial charge in [-0.2, -0.15) is 0 Å². The second kappa shape index (κ2) is 6.45. The SMILES string of the molecule is CCC(C)NCC(C)Sc1nnc(C)s1. The van der Waals surface area contributed by atoms with Crippen LogP contribution in [0, 0.1) is 6.92 Å². The predicted molar refractivity (Wildman–Crippen MR) is 67.7 cm³/mol. The van der Waals surface area contributed by atoms with Crippen molar-refractivity contribution in [2.45, 2.75) is 49.7 Å². The summed E-state index contributed by atoms with van der Waals surface area (Å²) in [5, 5.41) is 13.2. The van der Waals surface area contributed by atoms with Gasteiger partial charge in [0.05, 0.1) is 0 Å². The van der Waals surface area contributed by atoms with Crippen LogP contribution in [0.25, 0.3) is 0 Å². The van der Waals surface area contributed by atoms with Crippen molar-refractivity contribution in [3.05, 3.63) is 5.01 Å². The van der Waals surface area contributed by atoms with Gasteiger partial charge in [0.1, 0.15) is 5.01 Å². The molecule has 2 unspecified atom stereocenters. The summed E-state index contributed by atoms with van der Waals surface area (Å²) in [4.78, 5) is 0. The fourth-order valence-corrected chi connectivity index (χ4v) is 3.13. The molecule has 0 amide bonds. The van der Waals surface area contributed by atoms with Crippen LogP contribution in [0.5, 0.6) is 0 Å². The molecule has 2 atom stereocenters. The maximum Gasteiger partial charge on any atom is 0.174 e. The van der Waals surface area contributed by atoms with E-state index >= 15 is 0 Å². The first kappa shape index (κ1) is 12.9. The highest BCUT2D eigenvalue weighted by molar-refractivity contribution is 8.01. The van der Waals surface area contributed by atoms with Gasteiger partial charge in [0.25, 0.3) is 0 Å². The van der Waals surface area contributed by atoms with E-state index in [0.717, 1.165) is 15.9 Å². The summed E-state index contributed by atoms with van der Waals surface area (Å²) in [6.07, 6.45) is 1.18. The number of nitrogens with zero attached hydrogens (tertiary/aromatic N) is 2. The summed E-state index contributed by atoms with van der Waals surface area (Å²) in [6, 6.07) is 0.601. The Balaban J connectivity index is 2.27. The average molecular weight is 245 g/mol. The first-order valence-electron chi connectivity index (χ1n) is 5.32. The molecule has 1 aromatic rings. The van der Waals surface area contributed by atoms with E-state index in [1.165, 1.54) is 6.42 Å². The summed E-state index contributed by atoms with van der Waals surface area (Å²) in [5.41, 5.74) is 0. The van der Waals surface area contributed by atoms with Crippen LogP contribution in [0.15, 0.2) is 4.34 Å². The van der Waals surface area contributed by atoms with Crippen molar-refractivity contribution in [1.29, 1.82) is 0 Å². The minimum absolute atomic E-state index is 0.548. The third-order valence-corrected chi connectivity index (χ3v) is 4.20. The van der Waals surface area contributed by atoms with E-state index in [4.69, 9.17) is 0 Å². The Bertz CT molecular complexity index is 288. The zero-order valence-electron chi connectivity index (χ0n) is 9.78. The molecular formula is C10H19N3S2. The molecule has 86 valence electrons. The highest BCUT2D eigenvalue weighted by atomic mass is 32.2. The van der Waals surface area contributed by atoms with Crippen molar-refractivity contribution in [2.24, 2.45) is 0 Å². The molecule has 1 rings (SSSR count). The molecule has 15 heavy (non-hydrogen) atoms. The molecule has 0 saturated carbocycles. The Labute approximate surface area is 100 Å². The molecular weight excluding hydrogens is 226 g/mol. The van der Waals surface area contributed by atoms with Gasteiger partial charge >= 0.3 is 0 Å². The Hall–Kier alpha value is -0.130. The molecule has 5 heteroatoms. The Morgan fingerprint density at radius 1 is 1.40 bits per heavy atom. The molecule has 1 heterocycles. The molecule has 0 saturated heterocycles. The average Bonchev–Trinajstić information content (AvgIpc) is 2.60. The number of hydrogen-bond donors (Lipinski definition) is 1. The van der Waals surface area contributed by atoms with Gasteiger partial charge in [-0.05, 0) is 20.3 Å². The van der Waals surface area contributed by atoms with E-state index in [0.29, 0.717) is 11.3 Å². The van der Waals surface area contributed by atoms with Crippen LogP contribution in [0.1, 0.15) is 32.2 Å². The van der Waals surface area contributed by atoms with Gasteiger partial charge in [0.15, 0.2) is 4.34 Å². The highest BCUT2D eigenvalue weighted by Crippen LogP contribution is 2.25. The van der Waals surface area contributed by atoms with Gasteiger partial charge < -0.3 is 5.32 Å². The standard InChI is InChI=1S/C10H19N3S2/c1-5-7(2)11-6-8(3)14-10-13-12-9(4)15-10/h7-8,11H,5-6H2,1-4H3. The molecule has 0 bridgehead atoms. The smallest absolute Gasteiger partial charge is 0.174 e. The molecule has 0 aliphatic rings. The predicted octanol–water partition coefficient (Wildman–Crippen LogP) is 2.72. The third-order valence-electron chi connectivity index (χ3n) is 2.18. The molecule has 0 aromatic carbocycles. The lowest BCUT2D eigenvalue weighted by atomic mass is 10.2. The largest absolute Gasteiger partial charge is 0.313 e. The van der Waals surface area contributed by atoms with Gasteiger partial charge in [0, 0.05) is 17.8 Å². The number of rotatable bonds is 6. The first-order chi connectivity index (χ1) is 7.11. The molecule has 1 N–H and O–H groups in total. The van der Waals surface area contributed by atoms with E-state index in [2.05, 4.69) is 36.3 Å². The van der Waals surface area contributed by atoms with Crippen LogP contribution in [-0.2, 0) is 0 Å². The molecule has 0 aliphatic carbocycles. The third kappa shape index (κ3) is 4.95. The van der Waals surface area contributed by atoms with Crippen molar-refractivity contribution >= 4 is 23.1 Å². The van der Waals surface area contributed by atoms with Gasteiger partial charge in [-0.3, -0.25) is 0 Å². The minimum atomic E-state index is 0.548. The summed E-state index contributed by atoms with van der Waals surface area (Å²) < 4.78 is 1.07. The van der Waals surface area contributed by atoms with Crippen LogP contribution < -0.4 is 5.32 Å². The zero-order chi connectivity index (χ0) is 11.3. The number of aromatic nitrogens is 2. The maximum atomic E-state index is 4.11. The van der Waals surface area contributed by atoms with Crippen molar-refractivity contribution in [3.63, 3.8) is 0 Å². The van der Waals surface area contributed by atoms with Crippen molar-refractivity contribution in [2.75, 3.05) is 6.54 Å². The van der Waals surface area contributed by atoms with Crippen LogP contribution in [-0.4, -0.2) is 28.0 Å². The zero-order valence-corrected chi connectivity index (χ0v) is 11.4. The lowest BCUT2D eigenvalue weighted by Crippen LogP contribution is -2.30. The number of aryl methyl sites for hydroxylation is 1. The summed E-state index contributed by atoms with van der Waals surface area (Å²) in [7, 11) is 0. The quantitative estimate of drug-likeness (QED) is 0.782. The van der Waals surface area contributed by atoms with Crippen LogP contribution >= 0.6 is 23.1 Å². The van der Waals surface area contributed by atoms with Crippen LogP contribution in [0.2, 0.25) is 0 Å². The lowest BCUT2D eigenvalue weighted by molar-refractivity contribution is 0.537. The topological polar surface area (TPSA) is 37.8 Å². The van der Waals surface area contributed by atoms with E-state index in [9.17, 15) is 0 Å². The van der Waals surface area contributed by atoms with Gasteiger partial charge in [-0.25, -0.2) is 0 Å². The van der Waals surface area contributed by atoms with E-state index in [1.807, 2.05) is 6.92 Å². The van der Waals surface area contributed by atoms with E-state index in [1.54, 1.807) is 23.1 Å². The maximum absolute atomic E-state index is 4.11. The summed E-state index contributed by atoms with van der Waals surface area (Å²) >= 11 is 3.47. The highest BCUT2D eigenvalue weighted by Gasteiger charge is 2.09. The van der Waals surface area contributed by atoms with Gasteiger partial charge in [0.2, 0.25) is 0 Å². The van der Waals surface area contributed by atoms with E-state index in [-0.39, 0.29) is 0 Å². The van der Waals surface area contributed by atoms with Crippen LogP contribution in [0.3, 0.4) is 0 Å². The fourth-order valence-electron chi connectivity index (χ4n) is 1.05. The second-order valence-electron chi connectivity index (χ2n) is 3.73. The first-order valence-corrected chi connectivity index (χ1v) is 7.01. The van der Waals surface area contributed by atoms with Crippen LogP contribution in [0.4, 0.5) is 0 Å². The minimum Gasteiger partial charge on any atom is -0.313 e. The van der Waals surface area contributed by atoms with Gasteiger partial charge in [-0.1, -0.05) is 36.9 Å². The summed E-state index contributed by atoms with van der Waals surface area (Å²) in [6.45, 7) is 9.65.